The molecule has 1 fully saturated rings. The Morgan fingerprint density at radius 1 is 1.69 bits per heavy atom. The van der Waals surface area contributed by atoms with Crippen LogP contribution in [0.3, 0.4) is 0 Å². The normalized spacial score (nSPS) is 28.3. The third-order valence-corrected chi connectivity index (χ3v) is 2.88. The molecule has 0 saturated heterocycles. The van der Waals surface area contributed by atoms with Crippen LogP contribution in [-0.2, 0) is 4.79 Å². The SMILES string of the molecule is CC(Cl)CCN(C)C(=O)C1CC1C. The molecule has 0 aromatic heterocycles. The molecule has 0 radical (unpaired) electrons. The quantitative estimate of drug-likeness (QED) is 0.641. The lowest BCUT2D eigenvalue weighted by atomic mass is 10.2. The van der Waals surface area contributed by atoms with Crippen LogP contribution >= 0.6 is 11.6 Å². The van der Waals surface area contributed by atoms with Gasteiger partial charge in [-0.2, -0.15) is 0 Å². The highest BCUT2D eigenvalue weighted by Gasteiger charge is 2.40. The van der Waals surface area contributed by atoms with Gasteiger partial charge in [0.15, 0.2) is 0 Å². The summed E-state index contributed by atoms with van der Waals surface area (Å²) in [6, 6.07) is 0. The molecule has 1 rings (SSSR count). The number of hydrogen-bond acceptors (Lipinski definition) is 1. The first-order chi connectivity index (χ1) is 6.02. The lowest BCUT2D eigenvalue weighted by molar-refractivity contribution is -0.131. The molecule has 0 N–H and O–H groups in total. The summed E-state index contributed by atoms with van der Waals surface area (Å²) < 4.78 is 0. The maximum Gasteiger partial charge on any atom is 0.225 e. The highest BCUT2D eigenvalue weighted by atomic mass is 35.5. The van der Waals surface area contributed by atoms with Gasteiger partial charge in [0.2, 0.25) is 5.91 Å². The van der Waals surface area contributed by atoms with Crippen molar-refractivity contribution in [2.24, 2.45) is 11.8 Å². The van der Waals surface area contributed by atoms with E-state index in [0.29, 0.717) is 17.7 Å². The average molecular weight is 204 g/mol. The van der Waals surface area contributed by atoms with Gasteiger partial charge >= 0.3 is 0 Å². The summed E-state index contributed by atoms with van der Waals surface area (Å²) in [5, 5.41) is 0.159. The number of nitrogens with zero attached hydrogens (tertiary/aromatic N) is 1. The van der Waals surface area contributed by atoms with Gasteiger partial charge in [-0.05, 0) is 25.7 Å². The van der Waals surface area contributed by atoms with Crippen molar-refractivity contribution in [3.05, 3.63) is 0 Å². The maximum absolute atomic E-state index is 11.6. The van der Waals surface area contributed by atoms with E-state index in [4.69, 9.17) is 11.6 Å². The molecule has 0 heterocycles. The summed E-state index contributed by atoms with van der Waals surface area (Å²) >= 11 is 5.81. The van der Waals surface area contributed by atoms with Gasteiger partial charge in [-0.15, -0.1) is 11.6 Å². The topological polar surface area (TPSA) is 20.3 Å². The second-order valence-electron chi connectivity index (χ2n) is 4.15. The van der Waals surface area contributed by atoms with Crippen LogP contribution in [0.15, 0.2) is 0 Å². The van der Waals surface area contributed by atoms with Crippen LogP contribution in [0.4, 0.5) is 0 Å². The molecule has 0 bridgehead atoms. The first kappa shape index (κ1) is 10.8. The standard InChI is InChI=1S/C10H18ClNO/c1-7-6-9(7)10(13)12(3)5-4-8(2)11/h7-9H,4-6H2,1-3H3. The van der Waals surface area contributed by atoms with Crippen LogP contribution in [-0.4, -0.2) is 29.8 Å². The van der Waals surface area contributed by atoms with Gasteiger partial charge in [-0.3, -0.25) is 4.79 Å². The van der Waals surface area contributed by atoms with Crippen molar-refractivity contribution < 1.29 is 4.79 Å². The van der Waals surface area contributed by atoms with Crippen LogP contribution in [0.1, 0.15) is 26.7 Å². The molecule has 1 aliphatic carbocycles. The van der Waals surface area contributed by atoms with E-state index in [0.717, 1.165) is 19.4 Å². The number of halogens is 1. The smallest absolute Gasteiger partial charge is 0.225 e. The lowest BCUT2D eigenvalue weighted by Gasteiger charge is -2.17. The number of alkyl halides is 1. The average Bonchev–Trinajstić information content (AvgIpc) is 2.77. The summed E-state index contributed by atoms with van der Waals surface area (Å²) in [5.74, 6) is 1.20. The molecule has 1 aliphatic rings. The first-order valence-corrected chi connectivity index (χ1v) is 5.35. The molecule has 0 aromatic carbocycles. The minimum absolute atomic E-state index is 0.159. The lowest BCUT2D eigenvalue weighted by Crippen LogP contribution is -2.30. The molecule has 1 saturated carbocycles. The fraction of sp³-hybridized carbons (Fsp3) is 0.900. The zero-order chi connectivity index (χ0) is 10.0. The Morgan fingerprint density at radius 3 is 2.62 bits per heavy atom. The van der Waals surface area contributed by atoms with E-state index in [9.17, 15) is 4.79 Å². The van der Waals surface area contributed by atoms with Gasteiger partial charge in [-0.25, -0.2) is 0 Å². The molecule has 3 heteroatoms. The van der Waals surface area contributed by atoms with Crippen LogP contribution in [0.5, 0.6) is 0 Å². The predicted molar refractivity (Wildman–Crippen MR) is 54.8 cm³/mol. The Morgan fingerprint density at radius 2 is 2.23 bits per heavy atom. The van der Waals surface area contributed by atoms with E-state index in [-0.39, 0.29) is 5.38 Å². The summed E-state index contributed by atoms with van der Waals surface area (Å²) in [6.07, 6.45) is 1.95. The zero-order valence-corrected chi connectivity index (χ0v) is 9.34. The maximum atomic E-state index is 11.6. The van der Waals surface area contributed by atoms with Gasteiger partial charge < -0.3 is 4.90 Å². The molecule has 0 aliphatic heterocycles. The summed E-state index contributed by atoms with van der Waals surface area (Å²) in [5.41, 5.74) is 0. The van der Waals surface area contributed by atoms with Crippen molar-refractivity contribution in [1.82, 2.24) is 4.90 Å². The third kappa shape index (κ3) is 3.18. The third-order valence-electron chi connectivity index (χ3n) is 2.67. The Labute approximate surface area is 85.2 Å². The van der Waals surface area contributed by atoms with E-state index >= 15 is 0 Å². The van der Waals surface area contributed by atoms with Gasteiger partial charge in [0, 0.05) is 24.9 Å². The molecule has 0 aromatic rings. The first-order valence-electron chi connectivity index (χ1n) is 4.91. The van der Waals surface area contributed by atoms with Crippen molar-refractivity contribution in [2.45, 2.75) is 32.1 Å². The highest BCUT2D eigenvalue weighted by Crippen LogP contribution is 2.38. The van der Waals surface area contributed by atoms with E-state index in [2.05, 4.69) is 6.92 Å². The van der Waals surface area contributed by atoms with Crippen molar-refractivity contribution in [2.75, 3.05) is 13.6 Å². The number of carbonyl (C=O) groups excluding carboxylic acids is 1. The number of rotatable bonds is 4. The van der Waals surface area contributed by atoms with Gasteiger partial charge in [0.25, 0.3) is 0 Å². The summed E-state index contributed by atoms with van der Waals surface area (Å²) in [6.45, 7) is 4.87. The second-order valence-corrected chi connectivity index (χ2v) is 4.89. The molecule has 3 atom stereocenters. The molecular formula is C10H18ClNO. The monoisotopic (exact) mass is 203 g/mol. The summed E-state index contributed by atoms with van der Waals surface area (Å²) in [4.78, 5) is 13.4. The Hall–Kier alpha value is -0.240. The van der Waals surface area contributed by atoms with Crippen molar-refractivity contribution in [3.63, 3.8) is 0 Å². The predicted octanol–water partition coefficient (Wildman–Crippen LogP) is 2.12. The van der Waals surface area contributed by atoms with E-state index in [1.54, 1.807) is 0 Å². The van der Waals surface area contributed by atoms with Gasteiger partial charge in [0.05, 0.1) is 0 Å². The Balaban J connectivity index is 2.23. The molecule has 1 amide bonds. The fourth-order valence-corrected chi connectivity index (χ4v) is 1.53. The number of amides is 1. The number of hydrogen-bond donors (Lipinski definition) is 0. The molecular weight excluding hydrogens is 186 g/mol. The van der Waals surface area contributed by atoms with Crippen molar-refractivity contribution >= 4 is 17.5 Å². The summed E-state index contributed by atoms with van der Waals surface area (Å²) in [7, 11) is 1.87. The molecule has 0 spiro atoms. The van der Waals surface area contributed by atoms with Gasteiger partial charge in [-0.1, -0.05) is 6.92 Å². The molecule has 13 heavy (non-hydrogen) atoms. The Bertz CT molecular complexity index is 193. The van der Waals surface area contributed by atoms with Crippen LogP contribution < -0.4 is 0 Å². The minimum atomic E-state index is 0.159. The molecule has 2 nitrogen and oxygen atoms in total. The van der Waals surface area contributed by atoms with Crippen LogP contribution in [0.25, 0.3) is 0 Å². The fourth-order valence-electron chi connectivity index (χ4n) is 1.43. The van der Waals surface area contributed by atoms with Crippen LogP contribution in [0.2, 0.25) is 0 Å². The van der Waals surface area contributed by atoms with Crippen LogP contribution in [0, 0.1) is 11.8 Å². The van der Waals surface area contributed by atoms with Crippen molar-refractivity contribution in [3.8, 4) is 0 Å². The second kappa shape index (κ2) is 4.32. The van der Waals surface area contributed by atoms with E-state index < -0.39 is 0 Å². The van der Waals surface area contributed by atoms with Crippen molar-refractivity contribution in [1.29, 1.82) is 0 Å². The molecule has 76 valence electrons. The van der Waals surface area contributed by atoms with Gasteiger partial charge in [0.1, 0.15) is 0 Å². The van der Waals surface area contributed by atoms with E-state index in [1.807, 2.05) is 18.9 Å². The number of carbonyl (C=O) groups is 1. The zero-order valence-electron chi connectivity index (χ0n) is 8.59. The minimum Gasteiger partial charge on any atom is -0.345 e. The largest absolute Gasteiger partial charge is 0.345 e. The molecule has 3 unspecified atom stereocenters. The highest BCUT2D eigenvalue weighted by molar-refractivity contribution is 6.20. The Kier molecular flexibility index (Phi) is 3.60. The van der Waals surface area contributed by atoms with E-state index in [1.165, 1.54) is 0 Å².